The van der Waals surface area contributed by atoms with Crippen LogP contribution in [-0.4, -0.2) is 43.7 Å². The number of nitrogens with one attached hydrogen (secondary N) is 2. The molecule has 1 heterocycles. The number of thiazole rings is 1. The number of aryl methyl sites for hydroxylation is 1. The van der Waals surface area contributed by atoms with E-state index in [1.165, 1.54) is 5.56 Å². The van der Waals surface area contributed by atoms with Gasteiger partial charge in [0.25, 0.3) is 0 Å². The third-order valence-corrected chi connectivity index (χ3v) is 4.51. The Kier molecular flexibility index (Phi) is 9.58. The molecule has 1 aromatic heterocycles. The van der Waals surface area contributed by atoms with Crippen molar-refractivity contribution in [1.29, 1.82) is 0 Å². The Labute approximate surface area is 170 Å². The summed E-state index contributed by atoms with van der Waals surface area (Å²) in [6, 6.07) is 7.35. The van der Waals surface area contributed by atoms with Gasteiger partial charge in [0.2, 0.25) is 0 Å². The van der Waals surface area contributed by atoms with Gasteiger partial charge in [-0.15, -0.1) is 35.3 Å². The number of guanidine groups is 1. The van der Waals surface area contributed by atoms with Crippen LogP contribution in [-0.2, 0) is 13.0 Å². The van der Waals surface area contributed by atoms with Gasteiger partial charge in [-0.3, -0.25) is 4.99 Å². The number of phenols is 1. The van der Waals surface area contributed by atoms with Gasteiger partial charge in [-0.2, -0.15) is 0 Å². The predicted molar refractivity (Wildman–Crippen MR) is 116 cm³/mol. The number of aliphatic imine (C=N–C) groups is 1. The summed E-state index contributed by atoms with van der Waals surface area (Å²) in [5.41, 5.74) is 2.23. The molecule has 2 aromatic rings. The Hall–Kier alpha value is -1.55. The first-order chi connectivity index (χ1) is 11.6. The van der Waals surface area contributed by atoms with Crippen molar-refractivity contribution in [3.05, 3.63) is 40.9 Å². The molecule has 2 rings (SSSR count). The maximum atomic E-state index is 9.27. The van der Waals surface area contributed by atoms with Crippen LogP contribution in [0.25, 0.3) is 0 Å². The molecule has 0 bridgehead atoms. The second kappa shape index (κ2) is 11.1. The number of aromatic hydroxyl groups is 1. The smallest absolute Gasteiger partial charge is 0.191 e. The van der Waals surface area contributed by atoms with Crippen LogP contribution >= 0.6 is 35.3 Å². The first kappa shape index (κ1) is 21.5. The summed E-state index contributed by atoms with van der Waals surface area (Å²) in [7, 11) is 5.75. The van der Waals surface area contributed by atoms with E-state index in [9.17, 15) is 5.11 Å². The fraction of sp³-hybridized carbons (Fsp3) is 0.412. The van der Waals surface area contributed by atoms with E-state index in [2.05, 4.69) is 26.0 Å². The highest BCUT2D eigenvalue weighted by atomic mass is 127. The zero-order chi connectivity index (χ0) is 17.4. The van der Waals surface area contributed by atoms with Crippen molar-refractivity contribution < 1.29 is 5.11 Å². The van der Waals surface area contributed by atoms with E-state index in [4.69, 9.17) is 0 Å². The second-order valence-corrected chi connectivity index (χ2v) is 6.47. The van der Waals surface area contributed by atoms with Crippen LogP contribution in [0.5, 0.6) is 5.75 Å². The zero-order valence-corrected chi connectivity index (χ0v) is 18.0. The summed E-state index contributed by atoms with van der Waals surface area (Å²) >= 11 is 1.63. The lowest BCUT2D eigenvalue weighted by atomic mass is 10.1. The maximum Gasteiger partial charge on any atom is 0.191 e. The molecular weight excluding hydrogens is 449 g/mol. The molecule has 0 radical (unpaired) electrons. The van der Waals surface area contributed by atoms with Gasteiger partial charge in [0.1, 0.15) is 5.75 Å². The van der Waals surface area contributed by atoms with Crippen LogP contribution in [0.1, 0.15) is 17.7 Å². The monoisotopic (exact) mass is 475 g/mol. The number of benzene rings is 1. The molecule has 0 aliphatic carbocycles. The topological polar surface area (TPSA) is 72.8 Å². The second-order valence-electron chi connectivity index (χ2n) is 5.64. The number of aromatic nitrogens is 1. The molecule has 0 atom stereocenters. The molecule has 138 valence electrons. The Morgan fingerprint density at radius 3 is 2.56 bits per heavy atom. The largest absolute Gasteiger partial charge is 0.508 e. The number of nitrogens with zero attached hydrogens (tertiary/aromatic N) is 3. The minimum Gasteiger partial charge on any atom is -0.508 e. The first-order valence-electron chi connectivity index (χ1n) is 7.92. The molecule has 3 N–H and O–H groups in total. The molecule has 0 aliphatic heterocycles. The lowest BCUT2D eigenvalue weighted by molar-refractivity contribution is 0.475. The van der Waals surface area contributed by atoms with Gasteiger partial charge in [-0.25, -0.2) is 4.98 Å². The first-order valence-corrected chi connectivity index (χ1v) is 8.80. The molecule has 6 nitrogen and oxygen atoms in total. The Bertz CT molecular complexity index is 657. The van der Waals surface area contributed by atoms with Crippen molar-refractivity contribution in [2.24, 2.45) is 4.99 Å². The summed E-state index contributed by atoms with van der Waals surface area (Å²) in [5, 5.41) is 18.9. The molecule has 0 saturated heterocycles. The molecular formula is C17H26IN5OS. The van der Waals surface area contributed by atoms with E-state index in [0.717, 1.165) is 36.2 Å². The van der Waals surface area contributed by atoms with Crippen LogP contribution in [0, 0.1) is 0 Å². The highest BCUT2D eigenvalue weighted by molar-refractivity contribution is 14.0. The average molecular weight is 475 g/mol. The quantitative estimate of drug-likeness (QED) is 0.249. The van der Waals surface area contributed by atoms with E-state index in [1.807, 2.05) is 31.1 Å². The molecule has 8 heteroatoms. The number of anilines is 1. The Morgan fingerprint density at radius 2 is 1.96 bits per heavy atom. The number of halogens is 1. The maximum absolute atomic E-state index is 9.27. The van der Waals surface area contributed by atoms with Crippen molar-refractivity contribution in [2.75, 3.05) is 32.6 Å². The average Bonchev–Trinajstić information content (AvgIpc) is 3.05. The minimum absolute atomic E-state index is 0. The van der Waals surface area contributed by atoms with E-state index in [1.54, 1.807) is 30.5 Å². The normalized spacial score (nSPS) is 10.9. The van der Waals surface area contributed by atoms with Crippen LogP contribution in [0.15, 0.2) is 34.6 Å². The highest BCUT2D eigenvalue weighted by Gasteiger charge is 2.04. The Balaban J connectivity index is 0.00000312. The van der Waals surface area contributed by atoms with Crippen LogP contribution in [0.2, 0.25) is 0 Å². The molecule has 1 aromatic carbocycles. The van der Waals surface area contributed by atoms with Gasteiger partial charge in [-0.1, -0.05) is 12.1 Å². The van der Waals surface area contributed by atoms with Gasteiger partial charge in [0.05, 0.1) is 12.2 Å². The predicted octanol–water partition coefficient (Wildman–Crippen LogP) is 2.83. The molecule has 0 aliphatic rings. The van der Waals surface area contributed by atoms with Crippen LogP contribution in [0.3, 0.4) is 0 Å². The van der Waals surface area contributed by atoms with E-state index >= 15 is 0 Å². The van der Waals surface area contributed by atoms with E-state index in [0.29, 0.717) is 12.3 Å². The van der Waals surface area contributed by atoms with Crippen LogP contribution in [0.4, 0.5) is 5.13 Å². The summed E-state index contributed by atoms with van der Waals surface area (Å²) in [4.78, 5) is 10.8. The molecule has 0 saturated carbocycles. The van der Waals surface area contributed by atoms with E-state index < -0.39 is 0 Å². The fourth-order valence-electron chi connectivity index (χ4n) is 2.14. The Morgan fingerprint density at radius 1 is 1.24 bits per heavy atom. The van der Waals surface area contributed by atoms with Crippen molar-refractivity contribution in [3.8, 4) is 5.75 Å². The van der Waals surface area contributed by atoms with Crippen molar-refractivity contribution in [1.82, 2.24) is 15.6 Å². The lowest BCUT2D eigenvalue weighted by Gasteiger charge is -2.11. The molecule has 0 spiro atoms. The van der Waals surface area contributed by atoms with Gasteiger partial charge < -0.3 is 20.6 Å². The molecule has 0 unspecified atom stereocenters. The fourth-order valence-corrected chi connectivity index (χ4v) is 2.90. The summed E-state index contributed by atoms with van der Waals surface area (Å²) in [6.07, 6.45) is 1.95. The summed E-state index contributed by atoms with van der Waals surface area (Å²) in [6.45, 7) is 1.49. The zero-order valence-electron chi connectivity index (χ0n) is 14.8. The van der Waals surface area contributed by atoms with Gasteiger partial charge in [0.15, 0.2) is 11.1 Å². The lowest BCUT2D eigenvalue weighted by Crippen LogP contribution is -2.37. The third-order valence-electron chi connectivity index (χ3n) is 3.45. The third kappa shape index (κ3) is 7.47. The van der Waals surface area contributed by atoms with Crippen molar-refractivity contribution in [3.63, 3.8) is 0 Å². The van der Waals surface area contributed by atoms with Gasteiger partial charge in [-0.05, 0) is 30.5 Å². The van der Waals surface area contributed by atoms with Crippen molar-refractivity contribution >= 4 is 46.4 Å². The standard InChI is InChI=1S/C17H25N5OS.HI/c1-18-16(20-11-14-12-24-17(21-14)22(2)3)19-10-4-5-13-6-8-15(23)9-7-13;/h6-9,12,23H,4-5,10-11H2,1-3H3,(H2,18,19,20);1H. The number of phenolic OH excluding ortho intramolecular Hbond substituents is 1. The SMILES string of the molecule is CN=C(NCCCc1ccc(O)cc1)NCc1csc(N(C)C)n1.I. The highest BCUT2D eigenvalue weighted by Crippen LogP contribution is 2.17. The van der Waals surface area contributed by atoms with Crippen LogP contribution < -0.4 is 15.5 Å². The van der Waals surface area contributed by atoms with E-state index in [-0.39, 0.29) is 24.0 Å². The molecule has 0 amide bonds. The number of hydrogen-bond acceptors (Lipinski definition) is 5. The minimum atomic E-state index is 0. The molecule has 25 heavy (non-hydrogen) atoms. The number of hydrogen-bond donors (Lipinski definition) is 3. The summed E-state index contributed by atoms with van der Waals surface area (Å²) in [5.74, 6) is 1.08. The number of rotatable bonds is 7. The van der Waals surface area contributed by atoms with Gasteiger partial charge >= 0.3 is 0 Å². The van der Waals surface area contributed by atoms with Gasteiger partial charge in [0, 0.05) is 33.1 Å². The van der Waals surface area contributed by atoms with Crippen molar-refractivity contribution in [2.45, 2.75) is 19.4 Å². The molecule has 0 fully saturated rings. The summed E-state index contributed by atoms with van der Waals surface area (Å²) < 4.78 is 0.